The molecule has 1 atom stereocenters. The van der Waals surface area contributed by atoms with Crippen LogP contribution in [0.15, 0.2) is 0 Å². The van der Waals surface area contributed by atoms with Crippen molar-refractivity contribution in [2.45, 2.75) is 26.3 Å². The van der Waals surface area contributed by atoms with Gasteiger partial charge >= 0.3 is 5.97 Å². The minimum Gasteiger partial charge on any atom is -0.465 e. The van der Waals surface area contributed by atoms with Crippen molar-refractivity contribution in [1.29, 1.82) is 0 Å². The van der Waals surface area contributed by atoms with Crippen LogP contribution < -0.4 is 5.32 Å². The number of nitrogens with zero attached hydrogens (tertiary/aromatic N) is 1. The van der Waals surface area contributed by atoms with Crippen LogP contribution >= 0.6 is 0 Å². The van der Waals surface area contributed by atoms with Gasteiger partial charge in [-0.25, -0.2) is 0 Å². The van der Waals surface area contributed by atoms with Gasteiger partial charge in [0.2, 0.25) is 5.91 Å². The zero-order valence-corrected chi connectivity index (χ0v) is 9.28. The van der Waals surface area contributed by atoms with Crippen LogP contribution in [0.25, 0.3) is 0 Å². The molecule has 1 aliphatic heterocycles. The Morgan fingerprint density at radius 2 is 2.33 bits per heavy atom. The van der Waals surface area contributed by atoms with Crippen molar-refractivity contribution < 1.29 is 14.3 Å². The zero-order chi connectivity index (χ0) is 11.3. The first-order chi connectivity index (χ1) is 7.19. The van der Waals surface area contributed by atoms with E-state index in [1.807, 2.05) is 6.92 Å². The highest BCUT2D eigenvalue weighted by molar-refractivity contribution is 5.87. The summed E-state index contributed by atoms with van der Waals surface area (Å²) < 4.78 is 4.79. The smallest absolute Gasteiger partial charge is 0.325 e. The number of likely N-dealkylation sites (N-methyl/N-ethyl adjacent to an activating group) is 1. The van der Waals surface area contributed by atoms with Gasteiger partial charge in [0.05, 0.1) is 12.6 Å². The molecule has 5 heteroatoms. The van der Waals surface area contributed by atoms with E-state index in [9.17, 15) is 9.59 Å². The average Bonchev–Trinajstić information content (AvgIpc) is 2.51. The van der Waals surface area contributed by atoms with Gasteiger partial charge in [-0.05, 0) is 19.9 Å². The predicted molar refractivity (Wildman–Crippen MR) is 55.3 cm³/mol. The Kier molecular flexibility index (Phi) is 4.55. The average molecular weight is 214 g/mol. The van der Waals surface area contributed by atoms with Crippen LogP contribution in [0.4, 0.5) is 0 Å². The normalized spacial score (nSPS) is 20.8. The van der Waals surface area contributed by atoms with Gasteiger partial charge in [0.15, 0.2) is 0 Å². The first kappa shape index (κ1) is 12.0. The van der Waals surface area contributed by atoms with Crippen molar-refractivity contribution >= 4 is 11.9 Å². The van der Waals surface area contributed by atoms with Gasteiger partial charge in [0, 0.05) is 6.54 Å². The van der Waals surface area contributed by atoms with E-state index in [4.69, 9.17) is 4.74 Å². The van der Waals surface area contributed by atoms with E-state index in [2.05, 4.69) is 5.32 Å². The highest BCUT2D eigenvalue weighted by Crippen LogP contribution is 2.10. The molecule has 1 saturated heterocycles. The quantitative estimate of drug-likeness (QED) is 0.642. The molecule has 0 spiro atoms. The van der Waals surface area contributed by atoms with Crippen molar-refractivity contribution in [2.75, 3.05) is 26.2 Å². The van der Waals surface area contributed by atoms with Crippen molar-refractivity contribution in [3.8, 4) is 0 Å². The second-order valence-corrected chi connectivity index (χ2v) is 3.46. The molecular weight excluding hydrogens is 196 g/mol. The SMILES string of the molecule is CCNC1CCN(CC(=O)OCC)C1=O. The Morgan fingerprint density at radius 3 is 2.93 bits per heavy atom. The number of amides is 1. The third-order valence-corrected chi connectivity index (χ3v) is 2.37. The molecule has 15 heavy (non-hydrogen) atoms. The minimum atomic E-state index is -0.331. The van der Waals surface area contributed by atoms with E-state index < -0.39 is 0 Å². The summed E-state index contributed by atoms with van der Waals surface area (Å²) in [7, 11) is 0. The minimum absolute atomic E-state index is 0.00454. The van der Waals surface area contributed by atoms with Gasteiger partial charge in [0.25, 0.3) is 0 Å². The Hall–Kier alpha value is -1.10. The van der Waals surface area contributed by atoms with Crippen LogP contribution in [0.1, 0.15) is 20.3 Å². The summed E-state index contributed by atoms with van der Waals surface area (Å²) in [5, 5.41) is 3.09. The van der Waals surface area contributed by atoms with Crippen molar-refractivity contribution in [3.63, 3.8) is 0 Å². The van der Waals surface area contributed by atoms with Gasteiger partial charge < -0.3 is 15.0 Å². The third kappa shape index (κ3) is 3.20. The van der Waals surface area contributed by atoms with Crippen LogP contribution in [0, 0.1) is 0 Å². The standard InChI is InChI=1S/C10H18N2O3/c1-3-11-8-5-6-12(10(8)14)7-9(13)15-4-2/h8,11H,3-7H2,1-2H3. The lowest BCUT2D eigenvalue weighted by molar-refractivity contribution is -0.147. The number of rotatable bonds is 5. The largest absolute Gasteiger partial charge is 0.465 e. The fourth-order valence-electron chi connectivity index (χ4n) is 1.69. The monoisotopic (exact) mass is 214 g/mol. The van der Waals surface area contributed by atoms with Gasteiger partial charge in [-0.3, -0.25) is 9.59 Å². The molecule has 0 radical (unpaired) electrons. The lowest BCUT2D eigenvalue weighted by Gasteiger charge is -2.15. The highest BCUT2D eigenvalue weighted by atomic mass is 16.5. The van der Waals surface area contributed by atoms with Gasteiger partial charge in [0.1, 0.15) is 6.54 Å². The number of nitrogens with one attached hydrogen (secondary N) is 1. The molecule has 1 unspecified atom stereocenters. The van der Waals surface area contributed by atoms with E-state index in [0.29, 0.717) is 13.2 Å². The summed E-state index contributed by atoms with van der Waals surface area (Å²) in [6, 6.07) is -0.121. The Bertz CT molecular complexity index is 243. The summed E-state index contributed by atoms with van der Waals surface area (Å²) in [6.45, 7) is 5.55. The zero-order valence-electron chi connectivity index (χ0n) is 9.28. The lowest BCUT2D eigenvalue weighted by atomic mass is 10.2. The Labute approximate surface area is 89.8 Å². The van der Waals surface area contributed by atoms with Gasteiger partial charge in [-0.1, -0.05) is 6.92 Å². The number of esters is 1. The maximum absolute atomic E-state index is 11.7. The summed E-state index contributed by atoms with van der Waals surface area (Å²) >= 11 is 0. The number of carbonyl (C=O) groups excluding carboxylic acids is 2. The number of likely N-dealkylation sites (tertiary alicyclic amines) is 1. The van der Waals surface area contributed by atoms with Gasteiger partial charge in [-0.2, -0.15) is 0 Å². The molecule has 0 aromatic rings. The van der Waals surface area contributed by atoms with E-state index in [1.165, 1.54) is 0 Å². The fourth-order valence-corrected chi connectivity index (χ4v) is 1.69. The van der Waals surface area contributed by atoms with Crippen LogP contribution in [0.2, 0.25) is 0 Å². The molecule has 1 heterocycles. The Balaban J connectivity index is 2.39. The Morgan fingerprint density at radius 1 is 1.60 bits per heavy atom. The first-order valence-electron chi connectivity index (χ1n) is 5.36. The molecule has 0 aromatic heterocycles. The molecule has 5 nitrogen and oxygen atoms in total. The molecule has 1 rings (SSSR count). The maximum atomic E-state index is 11.7. The van der Waals surface area contributed by atoms with E-state index in [0.717, 1.165) is 13.0 Å². The second kappa shape index (κ2) is 5.70. The first-order valence-corrected chi connectivity index (χ1v) is 5.36. The lowest BCUT2D eigenvalue weighted by Crippen LogP contribution is -2.40. The fraction of sp³-hybridized carbons (Fsp3) is 0.800. The van der Waals surface area contributed by atoms with Gasteiger partial charge in [-0.15, -0.1) is 0 Å². The molecule has 1 amide bonds. The molecule has 86 valence electrons. The van der Waals surface area contributed by atoms with Crippen LogP contribution in [0.5, 0.6) is 0 Å². The van der Waals surface area contributed by atoms with E-state index in [1.54, 1.807) is 11.8 Å². The number of ether oxygens (including phenoxy) is 1. The summed E-state index contributed by atoms with van der Waals surface area (Å²) in [5.41, 5.74) is 0. The predicted octanol–water partition coefficient (Wildman–Crippen LogP) is -0.240. The number of carbonyl (C=O) groups is 2. The molecule has 1 fully saturated rings. The van der Waals surface area contributed by atoms with Crippen molar-refractivity contribution in [1.82, 2.24) is 10.2 Å². The number of hydrogen-bond acceptors (Lipinski definition) is 4. The second-order valence-electron chi connectivity index (χ2n) is 3.46. The molecular formula is C10H18N2O3. The molecule has 0 saturated carbocycles. The molecule has 0 aliphatic carbocycles. The summed E-state index contributed by atoms with van der Waals surface area (Å²) in [6.07, 6.45) is 0.770. The molecule has 1 aliphatic rings. The topological polar surface area (TPSA) is 58.6 Å². The summed E-state index contributed by atoms with van der Waals surface area (Å²) in [5.74, 6) is -0.326. The molecule has 1 N–H and O–H groups in total. The molecule has 0 bridgehead atoms. The van der Waals surface area contributed by atoms with Crippen molar-refractivity contribution in [2.24, 2.45) is 0 Å². The maximum Gasteiger partial charge on any atom is 0.325 e. The highest BCUT2D eigenvalue weighted by Gasteiger charge is 2.31. The van der Waals surface area contributed by atoms with E-state index in [-0.39, 0.29) is 24.5 Å². The summed E-state index contributed by atoms with van der Waals surface area (Å²) in [4.78, 5) is 24.4. The van der Waals surface area contributed by atoms with E-state index >= 15 is 0 Å². The van der Waals surface area contributed by atoms with Crippen LogP contribution in [0.3, 0.4) is 0 Å². The van der Waals surface area contributed by atoms with Crippen LogP contribution in [-0.4, -0.2) is 49.1 Å². The molecule has 0 aromatic carbocycles. The number of hydrogen-bond donors (Lipinski definition) is 1. The van der Waals surface area contributed by atoms with Crippen molar-refractivity contribution in [3.05, 3.63) is 0 Å². The third-order valence-electron chi connectivity index (χ3n) is 2.37. The van der Waals surface area contributed by atoms with Crippen LogP contribution in [-0.2, 0) is 14.3 Å².